The number of rotatable bonds is 4. The van der Waals surface area contributed by atoms with E-state index in [1.807, 2.05) is 36.4 Å². The van der Waals surface area contributed by atoms with Gasteiger partial charge in [0.2, 0.25) is 0 Å². The molecule has 2 aromatic rings. The van der Waals surface area contributed by atoms with Gasteiger partial charge in [-0.25, -0.2) is 0 Å². The molecule has 5 heteroatoms. The summed E-state index contributed by atoms with van der Waals surface area (Å²) in [6.45, 7) is 1.02. The molecule has 2 aliphatic heterocycles. The lowest BCUT2D eigenvalue weighted by molar-refractivity contribution is -0.140. The van der Waals surface area contributed by atoms with E-state index < -0.39 is 17.7 Å². The Hall–Kier alpha value is -2.92. The molecule has 2 aromatic carbocycles. The van der Waals surface area contributed by atoms with E-state index in [4.69, 9.17) is 4.74 Å². The number of hydrogen-bond acceptors (Lipinski definition) is 4. The quantitative estimate of drug-likeness (QED) is 0.514. The molecule has 0 radical (unpaired) electrons. The second-order valence-electron chi connectivity index (χ2n) is 6.86. The molecule has 0 saturated carbocycles. The molecular weight excluding hydrogens is 342 g/mol. The van der Waals surface area contributed by atoms with E-state index in [0.717, 1.165) is 18.4 Å². The van der Waals surface area contributed by atoms with E-state index in [-0.39, 0.29) is 17.4 Å². The normalized spacial score (nSPS) is 24.5. The molecule has 1 amide bonds. The zero-order valence-corrected chi connectivity index (χ0v) is 14.9. The average Bonchev–Trinajstić information content (AvgIpc) is 3.31. The van der Waals surface area contributed by atoms with Crippen LogP contribution in [0.4, 0.5) is 0 Å². The zero-order valence-electron chi connectivity index (χ0n) is 14.9. The Balaban J connectivity index is 1.81. The minimum atomic E-state index is -0.650. The Morgan fingerprint density at radius 1 is 1.04 bits per heavy atom. The predicted molar refractivity (Wildman–Crippen MR) is 101 cm³/mol. The van der Waals surface area contributed by atoms with E-state index in [0.29, 0.717) is 18.7 Å². The SMILES string of the molecule is O=C1C(=O)N(CC2CCCO2)C(c2ccccc2)/C1=C(/O)c1ccccc1. The molecule has 0 aromatic heterocycles. The topological polar surface area (TPSA) is 66.8 Å². The summed E-state index contributed by atoms with van der Waals surface area (Å²) in [4.78, 5) is 27.2. The summed E-state index contributed by atoms with van der Waals surface area (Å²) in [6.07, 6.45) is 1.74. The minimum absolute atomic E-state index is 0.0776. The van der Waals surface area contributed by atoms with Crippen LogP contribution in [-0.4, -0.2) is 41.0 Å². The summed E-state index contributed by atoms with van der Waals surface area (Å²) in [5.74, 6) is -1.38. The standard InChI is InChI=1S/C22H21NO4/c24-20(16-10-5-2-6-11-16)18-19(15-8-3-1-4-9-15)23(22(26)21(18)25)14-17-12-7-13-27-17/h1-6,8-11,17,19,24H,7,12-14H2/b20-18-. The molecule has 5 nitrogen and oxygen atoms in total. The lowest BCUT2D eigenvalue weighted by Crippen LogP contribution is -2.36. The van der Waals surface area contributed by atoms with Crippen molar-refractivity contribution in [3.05, 3.63) is 77.4 Å². The molecule has 138 valence electrons. The van der Waals surface area contributed by atoms with Gasteiger partial charge in [-0.05, 0) is 18.4 Å². The first kappa shape index (κ1) is 17.5. The van der Waals surface area contributed by atoms with Gasteiger partial charge in [0, 0.05) is 18.7 Å². The summed E-state index contributed by atoms with van der Waals surface area (Å²) in [5.41, 5.74) is 1.45. The van der Waals surface area contributed by atoms with Crippen molar-refractivity contribution >= 4 is 17.4 Å². The molecule has 4 rings (SSSR count). The number of aliphatic hydroxyl groups excluding tert-OH is 1. The summed E-state index contributed by atoms with van der Waals surface area (Å²) in [6, 6.07) is 17.6. The van der Waals surface area contributed by atoms with Crippen LogP contribution < -0.4 is 0 Å². The molecule has 0 aliphatic carbocycles. The lowest BCUT2D eigenvalue weighted by Gasteiger charge is -2.27. The smallest absolute Gasteiger partial charge is 0.295 e. The molecule has 2 atom stereocenters. The maximum atomic E-state index is 12.8. The monoisotopic (exact) mass is 363 g/mol. The number of carbonyl (C=O) groups excluding carboxylic acids is 2. The summed E-state index contributed by atoms with van der Waals surface area (Å²) < 4.78 is 5.68. The van der Waals surface area contributed by atoms with Crippen LogP contribution in [-0.2, 0) is 14.3 Å². The van der Waals surface area contributed by atoms with Crippen molar-refractivity contribution in [3.63, 3.8) is 0 Å². The third kappa shape index (κ3) is 3.26. The van der Waals surface area contributed by atoms with Crippen molar-refractivity contribution in [1.82, 2.24) is 4.90 Å². The number of hydrogen-bond donors (Lipinski definition) is 1. The van der Waals surface area contributed by atoms with E-state index >= 15 is 0 Å². The maximum Gasteiger partial charge on any atom is 0.295 e. The maximum absolute atomic E-state index is 12.8. The van der Waals surface area contributed by atoms with Crippen molar-refractivity contribution in [2.75, 3.05) is 13.2 Å². The van der Waals surface area contributed by atoms with Crippen molar-refractivity contribution in [2.24, 2.45) is 0 Å². The van der Waals surface area contributed by atoms with Crippen LogP contribution in [0.15, 0.2) is 66.2 Å². The Bertz CT molecular complexity index is 870. The van der Waals surface area contributed by atoms with Gasteiger partial charge in [0.25, 0.3) is 11.7 Å². The number of Topliss-reactive ketones (excluding diaryl/α,β-unsaturated/α-hetero) is 1. The first-order valence-corrected chi connectivity index (χ1v) is 9.17. The Kier molecular flexibility index (Phi) is 4.77. The van der Waals surface area contributed by atoms with E-state index in [1.165, 1.54) is 0 Å². The lowest BCUT2D eigenvalue weighted by atomic mass is 9.95. The van der Waals surface area contributed by atoms with Crippen LogP contribution in [0.25, 0.3) is 5.76 Å². The first-order valence-electron chi connectivity index (χ1n) is 9.17. The molecule has 0 spiro atoms. The van der Waals surface area contributed by atoms with Gasteiger partial charge in [0.05, 0.1) is 17.7 Å². The highest BCUT2D eigenvalue weighted by Gasteiger charge is 2.46. The highest BCUT2D eigenvalue weighted by atomic mass is 16.5. The van der Waals surface area contributed by atoms with Crippen LogP contribution in [0, 0.1) is 0 Å². The molecule has 2 saturated heterocycles. The van der Waals surface area contributed by atoms with Crippen LogP contribution in [0.5, 0.6) is 0 Å². The van der Waals surface area contributed by atoms with Crippen LogP contribution >= 0.6 is 0 Å². The van der Waals surface area contributed by atoms with Crippen molar-refractivity contribution < 1.29 is 19.4 Å². The zero-order chi connectivity index (χ0) is 18.8. The molecule has 2 aliphatic rings. The number of aliphatic hydroxyl groups is 1. The summed E-state index contributed by atoms with van der Waals surface area (Å²) in [5, 5.41) is 10.9. The number of nitrogens with zero attached hydrogens (tertiary/aromatic N) is 1. The average molecular weight is 363 g/mol. The number of ketones is 1. The van der Waals surface area contributed by atoms with Crippen LogP contribution in [0.3, 0.4) is 0 Å². The van der Waals surface area contributed by atoms with E-state index in [9.17, 15) is 14.7 Å². The largest absolute Gasteiger partial charge is 0.507 e. The highest BCUT2D eigenvalue weighted by Crippen LogP contribution is 2.39. The van der Waals surface area contributed by atoms with Crippen molar-refractivity contribution in [1.29, 1.82) is 0 Å². The van der Waals surface area contributed by atoms with E-state index in [1.54, 1.807) is 29.2 Å². The molecule has 1 N–H and O–H groups in total. The molecular formula is C22H21NO4. The van der Waals surface area contributed by atoms with Crippen molar-refractivity contribution in [2.45, 2.75) is 25.0 Å². The number of amides is 1. The van der Waals surface area contributed by atoms with Crippen LogP contribution in [0.1, 0.15) is 30.0 Å². The molecule has 0 bridgehead atoms. The Labute approximate surface area is 157 Å². The molecule has 2 unspecified atom stereocenters. The first-order chi connectivity index (χ1) is 13.2. The number of likely N-dealkylation sites (tertiary alicyclic amines) is 1. The predicted octanol–water partition coefficient (Wildman–Crippen LogP) is 3.29. The van der Waals surface area contributed by atoms with Gasteiger partial charge in [0.1, 0.15) is 5.76 Å². The van der Waals surface area contributed by atoms with Gasteiger partial charge in [-0.15, -0.1) is 0 Å². The number of benzene rings is 2. The Morgan fingerprint density at radius 3 is 2.33 bits per heavy atom. The minimum Gasteiger partial charge on any atom is -0.507 e. The van der Waals surface area contributed by atoms with Gasteiger partial charge in [-0.1, -0.05) is 60.7 Å². The fraction of sp³-hybridized carbons (Fsp3) is 0.273. The van der Waals surface area contributed by atoms with Crippen LogP contribution in [0.2, 0.25) is 0 Å². The number of ether oxygens (including phenoxy) is 1. The van der Waals surface area contributed by atoms with Gasteiger partial charge in [-0.2, -0.15) is 0 Å². The second-order valence-corrected chi connectivity index (χ2v) is 6.86. The summed E-state index contributed by atoms with van der Waals surface area (Å²) in [7, 11) is 0. The Morgan fingerprint density at radius 2 is 1.70 bits per heavy atom. The highest BCUT2D eigenvalue weighted by molar-refractivity contribution is 6.46. The van der Waals surface area contributed by atoms with Gasteiger partial charge >= 0.3 is 0 Å². The van der Waals surface area contributed by atoms with E-state index in [2.05, 4.69) is 0 Å². The second kappa shape index (κ2) is 7.37. The van der Waals surface area contributed by atoms with Gasteiger partial charge < -0.3 is 14.7 Å². The third-order valence-electron chi connectivity index (χ3n) is 5.13. The molecule has 2 heterocycles. The fourth-order valence-corrected chi connectivity index (χ4v) is 3.81. The van der Waals surface area contributed by atoms with Gasteiger partial charge in [-0.3, -0.25) is 9.59 Å². The fourth-order valence-electron chi connectivity index (χ4n) is 3.81. The molecule has 27 heavy (non-hydrogen) atoms. The van der Waals surface area contributed by atoms with Gasteiger partial charge in [0.15, 0.2) is 0 Å². The van der Waals surface area contributed by atoms with Crippen molar-refractivity contribution in [3.8, 4) is 0 Å². The third-order valence-corrected chi connectivity index (χ3v) is 5.13. The molecule has 2 fully saturated rings. The summed E-state index contributed by atoms with van der Waals surface area (Å²) >= 11 is 0. The number of carbonyl (C=O) groups is 2.